The molecule has 0 saturated heterocycles. The molecule has 2 aromatic carbocycles. The molecule has 0 unspecified atom stereocenters. The summed E-state index contributed by atoms with van der Waals surface area (Å²) in [6.45, 7) is 0. The van der Waals surface area contributed by atoms with Crippen LogP contribution in [0.1, 0.15) is 12.8 Å². The zero-order chi connectivity index (χ0) is 22.4. The maximum absolute atomic E-state index is 6.39. The Morgan fingerprint density at radius 3 is 2.61 bits per heavy atom. The lowest BCUT2D eigenvalue weighted by Gasteiger charge is -2.20. The molecule has 7 heteroatoms. The summed E-state index contributed by atoms with van der Waals surface area (Å²) >= 11 is 12.6. The van der Waals surface area contributed by atoms with Gasteiger partial charge in [-0.25, -0.2) is 4.98 Å². The molecule has 1 N–H and O–H groups in total. The number of hydrogen-bond donors (Lipinski definition) is 1. The number of halogens is 2. The molecule has 1 saturated carbocycles. The second kappa shape index (κ2) is 8.18. The molecule has 5 nitrogen and oxygen atoms in total. The monoisotopic (exact) mass is 471 g/mol. The van der Waals surface area contributed by atoms with Crippen LogP contribution in [0.2, 0.25) is 10.0 Å². The van der Waals surface area contributed by atoms with E-state index in [1.807, 2.05) is 48.5 Å². The molecule has 6 rings (SSSR count). The molecule has 1 aliphatic heterocycles. The number of fused-ring (bicyclic) bond motifs is 2. The molecule has 0 spiro atoms. The second-order valence-electron chi connectivity index (χ2n) is 8.12. The first-order valence-electron chi connectivity index (χ1n) is 10.8. The van der Waals surface area contributed by atoms with Gasteiger partial charge in [-0.1, -0.05) is 35.3 Å². The number of rotatable bonds is 4. The van der Waals surface area contributed by atoms with E-state index in [9.17, 15) is 0 Å². The highest BCUT2D eigenvalue weighted by Crippen LogP contribution is 2.33. The van der Waals surface area contributed by atoms with E-state index in [1.54, 1.807) is 12.4 Å². The lowest BCUT2D eigenvalue weighted by Crippen LogP contribution is -2.15. The number of para-hydroxylation sites is 2. The summed E-state index contributed by atoms with van der Waals surface area (Å²) in [5.41, 5.74) is 6.39. The van der Waals surface area contributed by atoms with Crippen LogP contribution in [-0.4, -0.2) is 20.6 Å². The number of benzene rings is 3. The summed E-state index contributed by atoms with van der Waals surface area (Å²) in [5, 5.41) is 5.41. The van der Waals surface area contributed by atoms with E-state index in [1.165, 1.54) is 0 Å². The average Bonchev–Trinajstić information content (AvgIpc) is 3.65. The van der Waals surface area contributed by atoms with Gasteiger partial charge in [0.15, 0.2) is 0 Å². The minimum atomic E-state index is 0.365. The van der Waals surface area contributed by atoms with Crippen LogP contribution < -0.4 is 10.7 Å². The number of nitrogens with one attached hydrogen (secondary N) is 1. The first-order chi connectivity index (χ1) is 16.2. The van der Waals surface area contributed by atoms with Crippen LogP contribution in [0.15, 0.2) is 84.1 Å². The molecule has 1 fully saturated rings. The Bertz CT molecular complexity index is 1520. The van der Waals surface area contributed by atoms with Crippen LogP contribution >= 0.6 is 23.2 Å². The normalized spacial score (nSPS) is 14.2. The Kier molecular flexibility index (Phi) is 5.01. The van der Waals surface area contributed by atoms with Gasteiger partial charge in [0.25, 0.3) is 0 Å². The van der Waals surface area contributed by atoms with Crippen molar-refractivity contribution in [3.05, 3.63) is 94.5 Å². The van der Waals surface area contributed by atoms with Gasteiger partial charge in [-0.05, 0) is 67.4 Å². The third-order valence-corrected chi connectivity index (χ3v) is 6.41. The molecule has 0 atom stereocenters. The van der Waals surface area contributed by atoms with E-state index < -0.39 is 0 Å². The molecule has 0 bridgehead atoms. The third-order valence-electron chi connectivity index (χ3n) is 5.67. The Labute approximate surface area is 200 Å². The highest BCUT2D eigenvalue weighted by Gasteiger charge is 2.22. The first kappa shape index (κ1) is 20.2. The molecule has 162 valence electrons. The Morgan fingerprint density at radius 2 is 1.82 bits per heavy atom. The van der Waals surface area contributed by atoms with Crippen molar-refractivity contribution in [3.8, 4) is 17.1 Å². The Morgan fingerprint density at radius 1 is 0.939 bits per heavy atom. The zero-order valence-corrected chi connectivity index (χ0v) is 19.1. The summed E-state index contributed by atoms with van der Waals surface area (Å²) in [7, 11) is 0. The summed E-state index contributed by atoms with van der Waals surface area (Å²) in [5.74, 6) is 0. The summed E-state index contributed by atoms with van der Waals surface area (Å²) in [6.07, 6.45) is 5.80. The summed E-state index contributed by atoms with van der Waals surface area (Å²) < 4.78 is 2.17. The fraction of sp³-hybridized carbons (Fsp3) is 0.115. The highest BCUT2D eigenvalue weighted by atomic mass is 35.5. The fourth-order valence-corrected chi connectivity index (χ4v) is 4.24. The van der Waals surface area contributed by atoms with Crippen LogP contribution in [0.4, 0.5) is 11.4 Å². The van der Waals surface area contributed by atoms with Crippen LogP contribution in [0.25, 0.3) is 28.1 Å². The molecular weight excluding hydrogens is 453 g/mol. The van der Waals surface area contributed by atoms with E-state index in [0.29, 0.717) is 16.1 Å². The van der Waals surface area contributed by atoms with Crippen molar-refractivity contribution in [2.24, 2.45) is 4.99 Å². The van der Waals surface area contributed by atoms with Crippen LogP contribution in [0, 0.1) is 0 Å². The van der Waals surface area contributed by atoms with Gasteiger partial charge in [-0.2, -0.15) is 0 Å². The minimum Gasteiger partial charge on any atom is -0.352 e. The quantitative estimate of drug-likeness (QED) is 0.299. The van der Waals surface area contributed by atoms with Crippen molar-refractivity contribution < 1.29 is 0 Å². The lowest BCUT2D eigenvalue weighted by atomic mass is 10.1. The maximum atomic E-state index is 6.39. The van der Waals surface area contributed by atoms with Crippen molar-refractivity contribution in [1.29, 1.82) is 0 Å². The number of pyridine rings is 1. The van der Waals surface area contributed by atoms with Gasteiger partial charge in [0.1, 0.15) is 0 Å². The van der Waals surface area contributed by atoms with Crippen LogP contribution in [0.3, 0.4) is 0 Å². The van der Waals surface area contributed by atoms with E-state index >= 15 is 0 Å². The number of aromatic nitrogens is 3. The summed E-state index contributed by atoms with van der Waals surface area (Å²) in [4.78, 5) is 14.2. The molecule has 0 amide bonds. The van der Waals surface area contributed by atoms with Crippen molar-refractivity contribution in [2.45, 2.75) is 18.9 Å². The molecular formula is C26H19Cl2N5. The minimum absolute atomic E-state index is 0.365. The van der Waals surface area contributed by atoms with Gasteiger partial charge in [-0.3, -0.25) is 9.98 Å². The number of anilines is 2. The standard InChI is InChI=1S/C26H19Cl2N5/c27-19-10-9-18(12-20(19)28)33-25-6-2-1-5-21(25)32-24-13-22(31-17-4-3-11-29-15-17)23(14-26(24)33)30-16-7-8-16/h1-6,9-16,31H,7-8H2/b30-23+. The average molecular weight is 472 g/mol. The fourth-order valence-electron chi connectivity index (χ4n) is 3.94. The molecule has 33 heavy (non-hydrogen) atoms. The van der Waals surface area contributed by atoms with Crippen LogP contribution in [-0.2, 0) is 0 Å². The van der Waals surface area contributed by atoms with Gasteiger partial charge in [0.05, 0.1) is 61.4 Å². The molecule has 3 aliphatic rings. The largest absolute Gasteiger partial charge is 0.352 e. The lowest BCUT2D eigenvalue weighted by molar-refractivity contribution is 0.997. The summed E-state index contributed by atoms with van der Waals surface area (Å²) in [6, 6.07) is 22.2. The molecule has 1 aromatic heterocycles. The van der Waals surface area contributed by atoms with Crippen molar-refractivity contribution in [1.82, 2.24) is 14.5 Å². The molecule has 0 radical (unpaired) electrons. The van der Waals surface area contributed by atoms with Gasteiger partial charge in [-0.15, -0.1) is 0 Å². The van der Waals surface area contributed by atoms with Crippen LogP contribution in [0.5, 0.6) is 0 Å². The van der Waals surface area contributed by atoms with E-state index in [2.05, 4.69) is 33.1 Å². The topological polar surface area (TPSA) is 55.1 Å². The smallest absolute Gasteiger partial charge is 0.0900 e. The van der Waals surface area contributed by atoms with E-state index in [0.717, 1.165) is 57.7 Å². The van der Waals surface area contributed by atoms with Gasteiger partial charge < -0.3 is 9.88 Å². The number of nitrogens with zero attached hydrogens (tertiary/aromatic N) is 4. The van der Waals surface area contributed by atoms with Crippen molar-refractivity contribution in [2.75, 3.05) is 5.32 Å². The Balaban J connectivity index is 1.65. The highest BCUT2D eigenvalue weighted by molar-refractivity contribution is 6.42. The van der Waals surface area contributed by atoms with Crippen molar-refractivity contribution >= 4 is 45.6 Å². The SMILES string of the molecule is Clc1ccc(-n2c3c/c(=N\C4CC4)c(Nc4cccnc4)cc-3nc3ccccc32)cc1Cl. The Hall–Kier alpha value is -3.41. The van der Waals surface area contributed by atoms with Crippen molar-refractivity contribution in [3.63, 3.8) is 0 Å². The van der Waals surface area contributed by atoms with Gasteiger partial charge in [0.2, 0.25) is 0 Å². The molecule has 2 heterocycles. The first-order valence-corrected chi connectivity index (χ1v) is 11.5. The zero-order valence-electron chi connectivity index (χ0n) is 17.5. The van der Waals surface area contributed by atoms with E-state index in [-0.39, 0.29) is 0 Å². The van der Waals surface area contributed by atoms with E-state index in [4.69, 9.17) is 33.2 Å². The molecule has 3 aromatic rings. The molecule has 2 aliphatic carbocycles. The van der Waals surface area contributed by atoms with Gasteiger partial charge >= 0.3 is 0 Å². The maximum Gasteiger partial charge on any atom is 0.0900 e. The predicted octanol–water partition coefficient (Wildman–Crippen LogP) is 6.64. The second-order valence-corrected chi connectivity index (χ2v) is 8.93. The predicted molar refractivity (Wildman–Crippen MR) is 134 cm³/mol. The van der Waals surface area contributed by atoms with Gasteiger partial charge in [0, 0.05) is 11.9 Å². The number of hydrogen-bond acceptors (Lipinski definition) is 4. The third kappa shape index (κ3) is 3.94.